The van der Waals surface area contributed by atoms with Gasteiger partial charge in [0.05, 0.1) is 40.8 Å². The molecular weight excluding hydrogens is 895 g/mol. The maximum absolute atomic E-state index is 13.7. The van der Waals surface area contributed by atoms with Crippen LogP contribution in [0.2, 0.25) is 0 Å². The van der Waals surface area contributed by atoms with Gasteiger partial charge in [0.2, 0.25) is 0 Å². The van der Waals surface area contributed by atoms with E-state index in [1.54, 1.807) is 20.7 Å². The lowest BCUT2D eigenvalue weighted by molar-refractivity contribution is -0.0367. The van der Waals surface area contributed by atoms with E-state index < -0.39 is 11.2 Å². The summed E-state index contributed by atoms with van der Waals surface area (Å²) in [5.74, 6) is 1.09. The number of aromatic nitrogens is 4. The largest absolute Gasteiger partial charge is 0.492 e. The second-order valence-electron chi connectivity index (χ2n) is 17.5. The van der Waals surface area contributed by atoms with E-state index in [2.05, 4.69) is 48.1 Å². The number of carbonyl (C=O) groups excluding carboxylic acids is 2. The van der Waals surface area contributed by atoms with E-state index >= 15 is 0 Å². The molecule has 0 radical (unpaired) electrons. The van der Waals surface area contributed by atoms with Crippen LogP contribution in [-0.4, -0.2) is 110 Å². The van der Waals surface area contributed by atoms with Crippen LogP contribution in [0.25, 0.3) is 21.8 Å². The van der Waals surface area contributed by atoms with Gasteiger partial charge in [-0.1, -0.05) is 31.9 Å². The average molecular weight is 953 g/mol. The van der Waals surface area contributed by atoms with Crippen molar-refractivity contribution in [2.45, 2.75) is 104 Å². The van der Waals surface area contributed by atoms with Gasteiger partial charge in [-0.2, -0.15) is 10.2 Å². The van der Waals surface area contributed by atoms with Gasteiger partial charge in [-0.15, -0.1) is 0 Å². The molecule has 0 aliphatic carbocycles. The molecule has 2 amide bonds. The lowest BCUT2D eigenvalue weighted by Crippen LogP contribution is -2.53. The monoisotopic (exact) mass is 950 g/mol. The number of likely N-dealkylation sites (tertiary alicyclic amines) is 2. The van der Waals surface area contributed by atoms with E-state index in [-0.39, 0.29) is 43.0 Å². The van der Waals surface area contributed by atoms with Crippen molar-refractivity contribution < 1.29 is 42.8 Å². The quantitative estimate of drug-likeness (QED) is 0.199. The normalized spacial score (nSPS) is 20.2. The molecule has 2 atom stereocenters. The van der Waals surface area contributed by atoms with E-state index in [0.29, 0.717) is 44.1 Å². The summed E-state index contributed by atoms with van der Waals surface area (Å²) >= 11 is 6.89. The number of rotatable bonds is 6. The second-order valence-corrected chi connectivity index (χ2v) is 19.3. The number of benzene rings is 2. The smallest absolute Gasteiger partial charge is 0.410 e. The molecule has 14 nitrogen and oxygen atoms in total. The Hall–Kier alpha value is -3.51. The van der Waals surface area contributed by atoms with Crippen molar-refractivity contribution in [3.63, 3.8) is 0 Å². The molecule has 4 fully saturated rings. The van der Waals surface area contributed by atoms with Crippen LogP contribution in [0.4, 0.5) is 14.0 Å². The molecule has 59 heavy (non-hydrogen) atoms. The summed E-state index contributed by atoms with van der Waals surface area (Å²) in [6.07, 6.45) is 9.19. The fourth-order valence-electron chi connectivity index (χ4n) is 7.08. The van der Waals surface area contributed by atoms with Gasteiger partial charge < -0.3 is 38.6 Å². The summed E-state index contributed by atoms with van der Waals surface area (Å²) in [5.41, 5.74) is 0.888. The van der Waals surface area contributed by atoms with E-state index in [0.717, 1.165) is 82.9 Å². The SMILES string of the molecule is CC(C)(C)OC(=O)N1CC(CO)C1.CC(C)(C)OC(=O)N1CC(COc2cc(Br)cc3c2cnn3C2CCCCO2)C1.Fc1cc(Br)cc2c1cnn2C1CCCCO1. The maximum Gasteiger partial charge on any atom is 0.410 e. The number of hydrogen-bond acceptors (Lipinski definition) is 10. The van der Waals surface area contributed by atoms with Gasteiger partial charge in [0.15, 0.2) is 12.5 Å². The summed E-state index contributed by atoms with van der Waals surface area (Å²) in [6.45, 7) is 15.9. The summed E-state index contributed by atoms with van der Waals surface area (Å²) in [7, 11) is 0. The number of aliphatic hydroxyl groups is 1. The zero-order chi connectivity index (χ0) is 42.5. The molecule has 6 heterocycles. The molecule has 4 aromatic rings. The third-order valence-electron chi connectivity index (χ3n) is 10.1. The van der Waals surface area contributed by atoms with E-state index in [4.69, 9.17) is 28.8 Å². The van der Waals surface area contributed by atoms with Gasteiger partial charge in [0.1, 0.15) is 22.8 Å². The molecule has 17 heteroatoms. The van der Waals surface area contributed by atoms with Crippen molar-refractivity contribution in [2.75, 3.05) is 52.6 Å². The molecule has 2 aromatic heterocycles. The van der Waals surface area contributed by atoms with Crippen LogP contribution in [0, 0.1) is 17.7 Å². The van der Waals surface area contributed by atoms with Crippen LogP contribution in [0.15, 0.2) is 45.6 Å². The Morgan fingerprint density at radius 3 is 1.69 bits per heavy atom. The first-order valence-electron chi connectivity index (χ1n) is 20.4. The minimum atomic E-state index is -0.469. The molecule has 0 spiro atoms. The van der Waals surface area contributed by atoms with Crippen LogP contribution in [0.5, 0.6) is 5.75 Å². The molecule has 1 N–H and O–H groups in total. The summed E-state index contributed by atoms with van der Waals surface area (Å²) in [6, 6.07) is 7.36. The Balaban J connectivity index is 0.000000165. The van der Waals surface area contributed by atoms with E-state index in [1.165, 1.54) is 6.07 Å². The first-order chi connectivity index (χ1) is 28.0. The standard InChI is InChI=1S/C21H28BrN3O4.C12H12BrFN2O.C9H17NO3/c1-21(2,3)29-20(26)24-11-14(12-24)13-28-18-9-15(22)8-17-16(18)10-23-25(17)19-6-4-5-7-27-19;13-8-5-10(14)9-7-15-16(11(9)6-8)12-3-1-2-4-17-12;1-9(2,3)13-8(12)10-4-7(5-10)6-11/h8-10,14,19H,4-7,11-13H2,1-3H3;5-7,12H,1-4H2;7,11H,4-6H2,1-3H3. The van der Waals surface area contributed by atoms with Crippen molar-refractivity contribution in [2.24, 2.45) is 11.8 Å². The number of amides is 2. The van der Waals surface area contributed by atoms with Crippen LogP contribution in [0.1, 0.15) is 92.5 Å². The number of nitrogens with zero attached hydrogens (tertiary/aromatic N) is 6. The van der Waals surface area contributed by atoms with Crippen molar-refractivity contribution >= 4 is 65.9 Å². The fourth-order valence-corrected chi connectivity index (χ4v) is 7.92. The summed E-state index contributed by atoms with van der Waals surface area (Å²) in [5, 5.41) is 19.1. The highest BCUT2D eigenvalue weighted by Gasteiger charge is 2.35. The third kappa shape index (κ3) is 12.1. The lowest BCUT2D eigenvalue weighted by atomic mass is 10.0. The molecule has 0 saturated carbocycles. The average Bonchev–Trinajstić information content (AvgIpc) is 3.75. The highest BCUT2D eigenvalue weighted by atomic mass is 79.9. The predicted molar refractivity (Wildman–Crippen MR) is 228 cm³/mol. The van der Waals surface area contributed by atoms with Crippen molar-refractivity contribution in [1.82, 2.24) is 29.4 Å². The lowest BCUT2D eigenvalue weighted by Gasteiger charge is -2.39. The van der Waals surface area contributed by atoms with Gasteiger partial charge in [0, 0.05) is 66.8 Å². The highest BCUT2D eigenvalue weighted by Crippen LogP contribution is 2.35. The van der Waals surface area contributed by atoms with E-state index in [1.807, 2.05) is 64.6 Å². The zero-order valence-corrected chi connectivity index (χ0v) is 38.0. The molecule has 2 unspecified atom stereocenters. The van der Waals surface area contributed by atoms with Gasteiger partial charge in [-0.25, -0.2) is 23.3 Å². The summed E-state index contributed by atoms with van der Waals surface area (Å²) in [4.78, 5) is 26.7. The first kappa shape index (κ1) is 45.0. The molecule has 4 saturated heterocycles. The Kier molecular flexibility index (Phi) is 14.9. The fraction of sp³-hybridized carbons (Fsp3) is 0.619. The molecule has 4 aliphatic rings. The Labute approximate surface area is 361 Å². The van der Waals surface area contributed by atoms with Crippen LogP contribution in [0.3, 0.4) is 0 Å². The third-order valence-corrected chi connectivity index (χ3v) is 11.0. The van der Waals surface area contributed by atoms with Crippen LogP contribution < -0.4 is 4.74 Å². The number of hydrogen-bond donors (Lipinski definition) is 1. The van der Waals surface area contributed by atoms with Gasteiger partial charge >= 0.3 is 12.2 Å². The Morgan fingerprint density at radius 2 is 1.22 bits per heavy atom. The van der Waals surface area contributed by atoms with Crippen LogP contribution in [-0.2, 0) is 18.9 Å². The van der Waals surface area contributed by atoms with Gasteiger partial charge in [0.25, 0.3) is 0 Å². The molecular formula is C42H57Br2FN6O8. The van der Waals surface area contributed by atoms with E-state index in [9.17, 15) is 14.0 Å². The number of halogens is 3. The topological polar surface area (TPSA) is 143 Å². The first-order valence-corrected chi connectivity index (χ1v) is 22.0. The van der Waals surface area contributed by atoms with Crippen molar-refractivity contribution in [1.29, 1.82) is 0 Å². The van der Waals surface area contributed by atoms with Gasteiger partial charge in [-0.3, -0.25) is 0 Å². The number of ether oxygens (including phenoxy) is 5. The predicted octanol–water partition coefficient (Wildman–Crippen LogP) is 9.23. The van der Waals surface area contributed by atoms with Crippen LogP contribution >= 0.6 is 31.9 Å². The summed E-state index contributed by atoms with van der Waals surface area (Å²) < 4.78 is 47.4. The second kappa shape index (κ2) is 19.5. The molecule has 2 aromatic carbocycles. The molecule has 0 bridgehead atoms. The van der Waals surface area contributed by atoms with Crippen molar-refractivity contribution in [3.8, 4) is 5.75 Å². The minimum absolute atomic E-state index is 0.0163. The zero-order valence-electron chi connectivity index (χ0n) is 34.8. The number of aliphatic hydroxyl groups excluding tert-OH is 1. The Bertz CT molecular complexity index is 2040. The minimum Gasteiger partial charge on any atom is -0.492 e. The maximum atomic E-state index is 13.7. The Morgan fingerprint density at radius 1 is 0.746 bits per heavy atom. The molecule has 8 rings (SSSR count). The van der Waals surface area contributed by atoms with Crippen molar-refractivity contribution in [3.05, 3.63) is 51.4 Å². The van der Waals surface area contributed by atoms with Gasteiger partial charge in [-0.05, 0) is 104 Å². The highest BCUT2D eigenvalue weighted by molar-refractivity contribution is 9.10. The number of fused-ring (bicyclic) bond motifs is 2. The molecule has 324 valence electrons. The number of carbonyl (C=O) groups is 2. The molecule has 4 aliphatic heterocycles.